The molecule has 1 aliphatic heterocycles. The number of nitrogens with zero attached hydrogens (tertiary/aromatic N) is 2. The van der Waals surface area contributed by atoms with Crippen LogP contribution >= 0.6 is 0 Å². The van der Waals surface area contributed by atoms with Gasteiger partial charge < -0.3 is 14.7 Å². The minimum Gasteiger partial charge on any atom is -0.481 e. The Morgan fingerprint density at radius 3 is 1.51 bits per heavy atom. The van der Waals surface area contributed by atoms with Crippen LogP contribution in [0.1, 0.15) is 258 Å². The first kappa shape index (κ1) is 51.2. The standard InChI is InChI=1S/C49H92N2O4/c1-3-4-5-6-7-8-9-10-11-12-13-19-24-29-34-39-44-55-49(54)42-37-32-27-22-15-14-18-23-28-33-38-43-51-46(2)45-50-47(51)40-35-30-25-20-16-17-21-26-31-36-41-48(52)53/h10-11,46H,3-9,12-45H2,1-2H3,(H,52,53). The van der Waals surface area contributed by atoms with Gasteiger partial charge in [0.05, 0.1) is 19.0 Å². The molecule has 0 aromatic rings. The summed E-state index contributed by atoms with van der Waals surface area (Å²) in [6.45, 7) is 7.38. The Hall–Kier alpha value is -1.85. The highest BCUT2D eigenvalue weighted by Gasteiger charge is 2.22. The first-order chi connectivity index (χ1) is 27.0. The molecule has 0 aliphatic carbocycles. The van der Waals surface area contributed by atoms with Gasteiger partial charge in [-0.1, -0.05) is 186 Å². The van der Waals surface area contributed by atoms with Crippen molar-refractivity contribution in [2.75, 3.05) is 19.7 Å². The van der Waals surface area contributed by atoms with Crippen LogP contribution in [-0.4, -0.2) is 53.5 Å². The number of aliphatic carboxylic acids is 1. The molecule has 6 heteroatoms. The first-order valence-corrected chi connectivity index (χ1v) is 24.4. The van der Waals surface area contributed by atoms with E-state index in [2.05, 4.69) is 30.9 Å². The molecule has 0 aromatic carbocycles. The van der Waals surface area contributed by atoms with Crippen molar-refractivity contribution in [3.8, 4) is 0 Å². The molecule has 0 bridgehead atoms. The Balaban J connectivity index is 1.81. The smallest absolute Gasteiger partial charge is 0.305 e. The Kier molecular flexibility index (Phi) is 37.5. The number of aliphatic imine (C=N–C) groups is 1. The van der Waals surface area contributed by atoms with E-state index in [9.17, 15) is 9.59 Å². The summed E-state index contributed by atoms with van der Waals surface area (Å²) in [5.41, 5.74) is 0. The molecule has 0 fully saturated rings. The highest BCUT2D eigenvalue weighted by molar-refractivity contribution is 5.84. The maximum absolute atomic E-state index is 12.1. The van der Waals surface area contributed by atoms with Crippen LogP contribution < -0.4 is 0 Å². The second kappa shape index (κ2) is 40.4. The van der Waals surface area contributed by atoms with Crippen molar-refractivity contribution in [1.82, 2.24) is 4.90 Å². The largest absolute Gasteiger partial charge is 0.481 e. The normalized spacial score (nSPS) is 14.3. The highest BCUT2D eigenvalue weighted by Crippen LogP contribution is 2.19. The van der Waals surface area contributed by atoms with E-state index in [1.54, 1.807) is 0 Å². The number of carbonyl (C=O) groups is 2. The fraction of sp³-hybridized carbons (Fsp3) is 0.898. The second-order valence-electron chi connectivity index (χ2n) is 17.0. The fourth-order valence-corrected chi connectivity index (χ4v) is 7.98. The van der Waals surface area contributed by atoms with Crippen molar-refractivity contribution in [1.29, 1.82) is 0 Å². The highest BCUT2D eigenvalue weighted by atomic mass is 16.5. The number of carboxylic acid groups (broad SMARTS) is 1. The lowest BCUT2D eigenvalue weighted by Gasteiger charge is -2.25. The minimum atomic E-state index is -0.663. The van der Waals surface area contributed by atoms with Crippen LogP contribution in [0, 0.1) is 0 Å². The van der Waals surface area contributed by atoms with Gasteiger partial charge >= 0.3 is 11.9 Å². The van der Waals surface area contributed by atoms with Crippen LogP contribution in [0.5, 0.6) is 0 Å². The van der Waals surface area contributed by atoms with E-state index < -0.39 is 5.97 Å². The SMILES string of the molecule is CCCCCCCCC=CCCCCCCCCOC(=O)CCCCCCCCCCCCCN1C(CCCCCCCCCCCCC(=O)O)=NCC1C. The summed E-state index contributed by atoms with van der Waals surface area (Å²) < 4.78 is 5.48. The molecule has 1 N–H and O–H groups in total. The fourth-order valence-electron chi connectivity index (χ4n) is 7.98. The van der Waals surface area contributed by atoms with Crippen molar-refractivity contribution in [2.45, 2.75) is 264 Å². The Morgan fingerprint density at radius 1 is 0.582 bits per heavy atom. The summed E-state index contributed by atoms with van der Waals surface area (Å²) in [5, 5.41) is 8.71. The third-order valence-electron chi connectivity index (χ3n) is 11.6. The van der Waals surface area contributed by atoms with Gasteiger partial charge in [0, 0.05) is 31.8 Å². The number of amidine groups is 1. The molecule has 1 unspecified atom stereocenters. The van der Waals surface area contributed by atoms with E-state index in [0.717, 1.165) is 45.1 Å². The van der Waals surface area contributed by atoms with Gasteiger partial charge in [0.2, 0.25) is 0 Å². The molecule has 1 rings (SSSR count). The van der Waals surface area contributed by atoms with E-state index >= 15 is 0 Å². The number of carbonyl (C=O) groups excluding carboxylic acids is 1. The Labute approximate surface area is 341 Å². The molecule has 1 heterocycles. The lowest BCUT2D eigenvalue weighted by molar-refractivity contribution is -0.144. The quantitative estimate of drug-likeness (QED) is 0.0379. The lowest BCUT2D eigenvalue weighted by Crippen LogP contribution is -2.35. The van der Waals surface area contributed by atoms with Crippen molar-refractivity contribution in [3.63, 3.8) is 0 Å². The number of unbranched alkanes of at least 4 members (excludes halogenated alkanes) is 31. The number of allylic oxidation sites excluding steroid dienone is 2. The van der Waals surface area contributed by atoms with Gasteiger partial charge in [-0.3, -0.25) is 14.6 Å². The van der Waals surface area contributed by atoms with Crippen LogP contribution in [0.3, 0.4) is 0 Å². The average molecular weight is 773 g/mol. The Morgan fingerprint density at radius 2 is 1.00 bits per heavy atom. The summed E-state index contributed by atoms with van der Waals surface area (Å²) in [6, 6.07) is 0.572. The van der Waals surface area contributed by atoms with Crippen LogP contribution in [0.15, 0.2) is 17.1 Å². The van der Waals surface area contributed by atoms with Crippen molar-refractivity contribution >= 4 is 17.8 Å². The third-order valence-corrected chi connectivity index (χ3v) is 11.6. The zero-order chi connectivity index (χ0) is 39.7. The molecule has 1 atom stereocenters. The predicted octanol–water partition coefficient (Wildman–Crippen LogP) is 15.1. The van der Waals surface area contributed by atoms with E-state index in [1.165, 1.54) is 205 Å². The van der Waals surface area contributed by atoms with E-state index in [-0.39, 0.29) is 5.97 Å². The summed E-state index contributed by atoms with van der Waals surface area (Å²) in [7, 11) is 0. The molecule has 0 aromatic heterocycles. The summed E-state index contributed by atoms with van der Waals surface area (Å²) in [4.78, 5) is 30.1. The first-order valence-electron chi connectivity index (χ1n) is 24.4. The zero-order valence-corrected chi connectivity index (χ0v) is 36.8. The van der Waals surface area contributed by atoms with Crippen molar-refractivity contribution in [2.24, 2.45) is 4.99 Å². The second-order valence-corrected chi connectivity index (χ2v) is 17.0. The topological polar surface area (TPSA) is 79.2 Å². The third kappa shape index (κ3) is 35.1. The van der Waals surface area contributed by atoms with Gasteiger partial charge in [-0.25, -0.2) is 0 Å². The summed E-state index contributed by atoms with van der Waals surface area (Å²) >= 11 is 0. The van der Waals surface area contributed by atoms with E-state index in [1.807, 2.05) is 0 Å². The van der Waals surface area contributed by atoms with Crippen LogP contribution in [0.2, 0.25) is 0 Å². The zero-order valence-electron chi connectivity index (χ0n) is 36.8. The van der Waals surface area contributed by atoms with Gasteiger partial charge in [-0.05, 0) is 64.7 Å². The molecule has 0 saturated carbocycles. The van der Waals surface area contributed by atoms with Gasteiger partial charge in [0.1, 0.15) is 0 Å². The van der Waals surface area contributed by atoms with E-state index in [4.69, 9.17) is 14.8 Å². The average Bonchev–Trinajstić information content (AvgIpc) is 3.53. The van der Waals surface area contributed by atoms with Gasteiger partial charge in [0.25, 0.3) is 0 Å². The maximum atomic E-state index is 12.1. The van der Waals surface area contributed by atoms with Crippen LogP contribution in [0.25, 0.3) is 0 Å². The molecule has 0 radical (unpaired) electrons. The molecule has 0 amide bonds. The predicted molar refractivity (Wildman–Crippen MR) is 237 cm³/mol. The van der Waals surface area contributed by atoms with Crippen LogP contribution in [0.4, 0.5) is 0 Å². The van der Waals surface area contributed by atoms with Crippen LogP contribution in [-0.2, 0) is 14.3 Å². The van der Waals surface area contributed by atoms with Crippen molar-refractivity contribution in [3.05, 3.63) is 12.2 Å². The molecule has 0 saturated heterocycles. The number of ether oxygens (including phenoxy) is 1. The summed E-state index contributed by atoms with van der Waals surface area (Å²) in [6.07, 6.45) is 51.3. The molecular weight excluding hydrogens is 681 g/mol. The van der Waals surface area contributed by atoms with Crippen molar-refractivity contribution < 1.29 is 19.4 Å². The van der Waals surface area contributed by atoms with E-state index in [0.29, 0.717) is 25.5 Å². The molecule has 6 nitrogen and oxygen atoms in total. The number of esters is 1. The molecule has 55 heavy (non-hydrogen) atoms. The minimum absolute atomic E-state index is 0.00798. The molecule has 1 aliphatic rings. The molecule has 322 valence electrons. The number of hydrogen-bond acceptors (Lipinski definition) is 5. The molecule has 0 spiro atoms. The number of hydrogen-bond donors (Lipinski definition) is 1. The number of rotatable bonds is 43. The summed E-state index contributed by atoms with van der Waals surface area (Å²) in [5.74, 6) is 0.715. The Bertz CT molecular complexity index is 919. The van der Waals surface area contributed by atoms with Gasteiger partial charge in [0.15, 0.2) is 0 Å². The monoisotopic (exact) mass is 773 g/mol. The maximum Gasteiger partial charge on any atom is 0.305 e. The number of carboxylic acids is 1. The molecular formula is C49H92N2O4. The lowest BCUT2D eigenvalue weighted by atomic mass is 10.0. The van der Waals surface area contributed by atoms with Gasteiger partial charge in [-0.2, -0.15) is 0 Å². The van der Waals surface area contributed by atoms with Gasteiger partial charge in [-0.15, -0.1) is 0 Å².